The molecule has 1 aromatic rings. The van der Waals surface area contributed by atoms with Crippen molar-refractivity contribution in [3.8, 4) is 0 Å². The van der Waals surface area contributed by atoms with Gasteiger partial charge in [-0.2, -0.15) is 0 Å². The number of pyridine rings is 1. The first-order chi connectivity index (χ1) is 10.4. The number of hydrogen-bond acceptors (Lipinski definition) is 4. The summed E-state index contributed by atoms with van der Waals surface area (Å²) < 4.78 is 13.1. The van der Waals surface area contributed by atoms with E-state index in [1.54, 1.807) is 0 Å². The largest absolute Gasteiger partial charge is 0.387 e. The molecule has 2 rings (SSSR count). The highest BCUT2D eigenvalue weighted by molar-refractivity contribution is 5.13. The van der Waals surface area contributed by atoms with Gasteiger partial charge >= 0.3 is 0 Å². The van der Waals surface area contributed by atoms with Gasteiger partial charge in [0.25, 0.3) is 0 Å². The number of aromatic nitrogens is 1. The van der Waals surface area contributed by atoms with E-state index in [-0.39, 0.29) is 5.54 Å². The normalized spacial score (nSPS) is 24.2. The third-order valence-electron chi connectivity index (χ3n) is 4.58. The summed E-state index contributed by atoms with van der Waals surface area (Å²) in [5.41, 5.74) is 6.40. The summed E-state index contributed by atoms with van der Waals surface area (Å²) in [5, 5.41) is 13.6. The maximum atomic E-state index is 13.1. The highest BCUT2D eigenvalue weighted by atomic mass is 19.1. The van der Waals surface area contributed by atoms with Crippen molar-refractivity contribution in [2.24, 2.45) is 11.7 Å². The van der Waals surface area contributed by atoms with Crippen molar-refractivity contribution in [2.75, 3.05) is 6.54 Å². The van der Waals surface area contributed by atoms with Gasteiger partial charge in [-0.15, -0.1) is 0 Å². The Morgan fingerprint density at radius 2 is 2.05 bits per heavy atom. The molecule has 1 aromatic heterocycles. The minimum absolute atomic E-state index is 0.0617. The molecule has 1 unspecified atom stereocenters. The third kappa shape index (κ3) is 5.30. The van der Waals surface area contributed by atoms with Crippen LogP contribution in [0, 0.1) is 11.7 Å². The van der Waals surface area contributed by atoms with E-state index in [9.17, 15) is 9.50 Å². The van der Waals surface area contributed by atoms with Gasteiger partial charge in [0.15, 0.2) is 0 Å². The molecule has 0 aromatic carbocycles. The first kappa shape index (κ1) is 17.3. The molecule has 0 aliphatic heterocycles. The molecule has 0 spiro atoms. The molecule has 1 fully saturated rings. The molecule has 4 N–H and O–H groups in total. The molecule has 1 aliphatic rings. The van der Waals surface area contributed by atoms with E-state index in [0.717, 1.165) is 25.5 Å². The molecule has 1 saturated carbocycles. The van der Waals surface area contributed by atoms with Crippen LogP contribution in [0.4, 0.5) is 4.39 Å². The lowest BCUT2D eigenvalue weighted by Crippen LogP contribution is -2.44. The number of β-amino-alcohol motifs (C(OH)–C–C–N with tert-alkyl or cyclic N) is 1. The molecule has 124 valence electrons. The topological polar surface area (TPSA) is 71.2 Å². The molecular formula is C17H28FN3O. The number of aliphatic hydroxyl groups is 1. The van der Waals surface area contributed by atoms with Crippen molar-refractivity contribution in [3.05, 3.63) is 29.8 Å². The second-order valence-electron chi connectivity index (χ2n) is 7.20. The van der Waals surface area contributed by atoms with E-state index in [4.69, 9.17) is 5.73 Å². The van der Waals surface area contributed by atoms with Crippen LogP contribution in [-0.2, 0) is 0 Å². The van der Waals surface area contributed by atoms with E-state index in [1.807, 2.05) is 0 Å². The summed E-state index contributed by atoms with van der Waals surface area (Å²) in [6.45, 7) is 4.69. The molecule has 0 bridgehead atoms. The van der Waals surface area contributed by atoms with Gasteiger partial charge in [-0.05, 0) is 57.9 Å². The van der Waals surface area contributed by atoms with Crippen LogP contribution in [0.1, 0.15) is 57.6 Å². The molecule has 0 amide bonds. The number of nitrogens with one attached hydrogen (secondary N) is 1. The SMILES string of the molecule is CC(C)(CC1CCC(N)CC1)NCC(O)c1cncc(F)c1. The van der Waals surface area contributed by atoms with Gasteiger partial charge in [-0.25, -0.2) is 4.39 Å². The fourth-order valence-corrected chi connectivity index (χ4v) is 3.29. The summed E-state index contributed by atoms with van der Waals surface area (Å²) in [6, 6.07) is 1.70. The van der Waals surface area contributed by atoms with E-state index in [2.05, 4.69) is 24.1 Å². The Labute approximate surface area is 132 Å². The Kier molecular flexibility index (Phi) is 5.89. The summed E-state index contributed by atoms with van der Waals surface area (Å²) in [6.07, 6.45) is 7.55. The van der Waals surface area contributed by atoms with E-state index < -0.39 is 11.9 Å². The lowest BCUT2D eigenvalue weighted by Gasteiger charge is -2.35. The number of aliphatic hydroxyl groups excluding tert-OH is 1. The minimum atomic E-state index is -0.748. The summed E-state index contributed by atoms with van der Waals surface area (Å²) in [4.78, 5) is 3.78. The summed E-state index contributed by atoms with van der Waals surface area (Å²) in [5.74, 6) is 0.268. The lowest BCUT2D eigenvalue weighted by molar-refractivity contribution is 0.149. The molecule has 1 aliphatic carbocycles. The minimum Gasteiger partial charge on any atom is -0.387 e. The van der Waals surface area contributed by atoms with Crippen molar-refractivity contribution in [1.29, 1.82) is 0 Å². The zero-order chi connectivity index (χ0) is 16.2. The van der Waals surface area contributed by atoms with Crippen molar-refractivity contribution >= 4 is 0 Å². The molecule has 5 heteroatoms. The maximum absolute atomic E-state index is 13.1. The Bertz CT molecular complexity index is 473. The zero-order valence-electron chi connectivity index (χ0n) is 13.6. The van der Waals surface area contributed by atoms with Crippen LogP contribution < -0.4 is 11.1 Å². The first-order valence-corrected chi connectivity index (χ1v) is 8.15. The van der Waals surface area contributed by atoms with Crippen molar-refractivity contribution in [3.63, 3.8) is 0 Å². The van der Waals surface area contributed by atoms with Gasteiger partial charge < -0.3 is 16.2 Å². The van der Waals surface area contributed by atoms with E-state index in [0.29, 0.717) is 24.1 Å². The van der Waals surface area contributed by atoms with Crippen LogP contribution in [0.5, 0.6) is 0 Å². The van der Waals surface area contributed by atoms with Crippen LogP contribution in [0.15, 0.2) is 18.5 Å². The Morgan fingerprint density at radius 3 is 2.68 bits per heavy atom. The smallest absolute Gasteiger partial charge is 0.141 e. The standard InChI is InChI=1S/C17H28FN3O/c1-17(2,8-12-3-5-15(19)6-4-12)21-11-16(22)13-7-14(18)10-20-9-13/h7,9-10,12,15-16,21-22H,3-6,8,11,19H2,1-2H3. The number of nitrogens with zero attached hydrogens (tertiary/aromatic N) is 1. The van der Waals surface area contributed by atoms with Crippen molar-refractivity contribution in [2.45, 2.75) is 63.6 Å². The predicted octanol–water partition coefficient (Wildman–Crippen LogP) is 2.53. The van der Waals surface area contributed by atoms with E-state index >= 15 is 0 Å². The predicted molar refractivity (Wildman–Crippen MR) is 85.8 cm³/mol. The van der Waals surface area contributed by atoms with Crippen LogP contribution in [0.25, 0.3) is 0 Å². The quantitative estimate of drug-likeness (QED) is 0.755. The van der Waals surface area contributed by atoms with Gasteiger partial charge in [-0.1, -0.05) is 0 Å². The van der Waals surface area contributed by atoms with E-state index in [1.165, 1.54) is 25.1 Å². The fourth-order valence-electron chi connectivity index (χ4n) is 3.29. The number of rotatable bonds is 6. The van der Waals surface area contributed by atoms with Gasteiger partial charge in [0, 0.05) is 29.9 Å². The summed E-state index contributed by atoms with van der Waals surface area (Å²) in [7, 11) is 0. The molecule has 4 nitrogen and oxygen atoms in total. The van der Waals surface area contributed by atoms with Crippen molar-refractivity contribution in [1.82, 2.24) is 10.3 Å². The van der Waals surface area contributed by atoms with Gasteiger partial charge in [-0.3, -0.25) is 4.98 Å². The number of halogens is 1. The van der Waals surface area contributed by atoms with Crippen LogP contribution in [0.3, 0.4) is 0 Å². The molecule has 0 saturated heterocycles. The summed E-state index contributed by atoms with van der Waals surface area (Å²) >= 11 is 0. The first-order valence-electron chi connectivity index (χ1n) is 8.15. The highest BCUT2D eigenvalue weighted by Crippen LogP contribution is 2.30. The zero-order valence-corrected chi connectivity index (χ0v) is 13.6. The number of nitrogens with two attached hydrogens (primary N) is 1. The van der Waals surface area contributed by atoms with Gasteiger partial charge in [0.05, 0.1) is 12.3 Å². The van der Waals surface area contributed by atoms with Crippen LogP contribution >= 0.6 is 0 Å². The van der Waals surface area contributed by atoms with Gasteiger partial charge in [0.2, 0.25) is 0 Å². The average molecular weight is 309 g/mol. The molecule has 1 heterocycles. The van der Waals surface area contributed by atoms with Crippen LogP contribution in [0.2, 0.25) is 0 Å². The van der Waals surface area contributed by atoms with Crippen molar-refractivity contribution < 1.29 is 9.50 Å². The van der Waals surface area contributed by atoms with Crippen LogP contribution in [-0.4, -0.2) is 28.2 Å². The fraction of sp³-hybridized carbons (Fsp3) is 0.706. The average Bonchev–Trinajstić information content (AvgIpc) is 2.47. The second kappa shape index (κ2) is 7.49. The molecule has 1 atom stereocenters. The molecule has 0 radical (unpaired) electrons. The third-order valence-corrected chi connectivity index (χ3v) is 4.58. The highest BCUT2D eigenvalue weighted by Gasteiger charge is 2.26. The lowest BCUT2D eigenvalue weighted by atomic mass is 9.79. The Morgan fingerprint density at radius 1 is 1.36 bits per heavy atom. The Balaban J connectivity index is 1.81. The molecular weight excluding hydrogens is 281 g/mol. The monoisotopic (exact) mass is 309 g/mol. The Hall–Kier alpha value is -1.04. The maximum Gasteiger partial charge on any atom is 0.141 e. The molecule has 22 heavy (non-hydrogen) atoms. The van der Waals surface area contributed by atoms with Gasteiger partial charge in [0.1, 0.15) is 5.82 Å². The number of hydrogen-bond donors (Lipinski definition) is 3. The second-order valence-corrected chi connectivity index (χ2v) is 7.20.